The van der Waals surface area contributed by atoms with E-state index >= 15 is 0 Å². The summed E-state index contributed by atoms with van der Waals surface area (Å²) in [7, 11) is 2.07. The Hall–Kier alpha value is -2.21. The van der Waals surface area contributed by atoms with E-state index in [1.165, 1.54) is 0 Å². The number of nitrogens with one attached hydrogen (secondary N) is 1. The third-order valence-electron chi connectivity index (χ3n) is 4.29. The lowest BCUT2D eigenvalue weighted by molar-refractivity contribution is 0.0533. The van der Waals surface area contributed by atoms with Crippen molar-refractivity contribution in [3.8, 4) is 0 Å². The Morgan fingerprint density at radius 3 is 3.00 bits per heavy atom. The van der Waals surface area contributed by atoms with Crippen molar-refractivity contribution in [1.82, 2.24) is 24.8 Å². The van der Waals surface area contributed by atoms with E-state index in [0.717, 1.165) is 36.5 Å². The summed E-state index contributed by atoms with van der Waals surface area (Å²) >= 11 is 0. The molecule has 3 heterocycles. The average Bonchev–Trinajstić information content (AvgIpc) is 3.09. The maximum atomic E-state index is 12.9. The van der Waals surface area contributed by atoms with E-state index < -0.39 is 0 Å². The summed E-state index contributed by atoms with van der Waals surface area (Å²) in [6, 6.07) is 1.93. The summed E-state index contributed by atoms with van der Waals surface area (Å²) in [6.07, 6.45) is 7.86. The van der Waals surface area contributed by atoms with Crippen molar-refractivity contribution in [1.29, 1.82) is 0 Å². The highest BCUT2D eigenvalue weighted by atomic mass is 16.2. The highest BCUT2D eigenvalue weighted by Gasteiger charge is 2.30. The standard InChI is InChI=1S/C16H21N5O/c1-3-12-10-17-5-4-13(12)16(22)21-9-8-20(2)14(11-21)15-18-6-7-19-15/h4-7,10,14H,3,8-9,11H2,1-2H3,(H,18,19). The molecule has 1 saturated heterocycles. The number of carbonyl (C=O) groups is 1. The van der Waals surface area contributed by atoms with Crippen LogP contribution < -0.4 is 0 Å². The van der Waals surface area contributed by atoms with Crippen LogP contribution in [0.3, 0.4) is 0 Å². The molecule has 2 aromatic rings. The lowest BCUT2D eigenvalue weighted by Gasteiger charge is -2.38. The topological polar surface area (TPSA) is 65.1 Å². The smallest absolute Gasteiger partial charge is 0.254 e. The first kappa shape index (κ1) is 14.7. The molecule has 1 fully saturated rings. The molecule has 0 spiro atoms. The minimum Gasteiger partial charge on any atom is -0.347 e. The largest absolute Gasteiger partial charge is 0.347 e. The predicted molar refractivity (Wildman–Crippen MR) is 83.5 cm³/mol. The fourth-order valence-electron chi connectivity index (χ4n) is 2.90. The van der Waals surface area contributed by atoms with Gasteiger partial charge in [0, 0.05) is 50.0 Å². The highest BCUT2D eigenvalue weighted by Crippen LogP contribution is 2.23. The van der Waals surface area contributed by atoms with Crippen molar-refractivity contribution >= 4 is 5.91 Å². The van der Waals surface area contributed by atoms with Crippen molar-refractivity contribution in [2.24, 2.45) is 0 Å². The predicted octanol–water partition coefficient (Wildman–Crippen LogP) is 1.50. The van der Waals surface area contributed by atoms with Crippen LogP contribution in [0.4, 0.5) is 0 Å². The normalized spacial score (nSPS) is 19.4. The van der Waals surface area contributed by atoms with Gasteiger partial charge in [0.25, 0.3) is 5.91 Å². The average molecular weight is 299 g/mol. The number of piperazine rings is 1. The molecule has 6 heteroatoms. The van der Waals surface area contributed by atoms with Gasteiger partial charge in [-0.25, -0.2) is 4.98 Å². The third-order valence-corrected chi connectivity index (χ3v) is 4.29. The number of pyridine rings is 1. The molecule has 116 valence electrons. The Morgan fingerprint density at radius 1 is 1.41 bits per heavy atom. The van der Waals surface area contributed by atoms with E-state index in [0.29, 0.717) is 6.54 Å². The Balaban J connectivity index is 1.81. The molecule has 0 bridgehead atoms. The molecule has 1 aliphatic rings. The second-order valence-corrected chi connectivity index (χ2v) is 5.61. The van der Waals surface area contributed by atoms with Gasteiger partial charge in [-0.15, -0.1) is 0 Å². The van der Waals surface area contributed by atoms with Crippen molar-refractivity contribution in [2.45, 2.75) is 19.4 Å². The molecule has 22 heavy (non-hydrogen) atoms. The molecule has 0 radical (unpaired) electrons. The molecule has 2 aromatic heterocycles. The van der Waals surface area contributed by atoms with Crippen molar-refractivity contribution in [3.05, 3.63) is 47.8 Å². The van der Waals surface area contributed by atoms with Crippen molar-refractivity contribution in [2.75, 3.05) is 26.7 Å². The monoisotopic (exact) mass is 299 g/mol. The second-order valence-electron chi connectivity index (χ2n) is 5.61. The number of H-pyrrole nitrogens is 1. The molecule has 0 aromatic carbocycles. The minimum absolute atomic E-state index is 0.0870. The van der Waals surface area contributed by atoms with E-state index in [2.05, 4.69) is 26.9 Å². The Kier molecular flexibility index (Phi) is 4.20. The highest BCUT2D eigenvalue weighted by molar-refractivity contribution is 5.95. The van der Waals surface area contributed by atoms with Crippen LogP contribution in [0.1, 0.15) is 34.7 Å². The zero-order valence-electron chi connectivity index (χ0n) is 13.0. The quantitative estimate of drug-likeness (QED) is 0.932. The van der Waals surface area contributed by atoms with Crippen molar-refractivity contribution in [3.63, 3.8) is 0 Å². The van der Waals surface area contributed by atoms with Crippen LogP contribution in [0, 0.1) is 0 Å². The number of hydrogen-bond acceptors (Lipinski definition) is 4. The molecule has 1 aliphatic heterocycles. The van der Waals surface area contributed by atoms with Crippen LogP contribution in [-0.4, -0.2) is 57.3 Å². The van der Waals surface area contributed by atoms with Gasteiger partial charge in [0.15, 0.2) is 0 Å². The Morgan fingerprint density at radius 2 is 2.27 bits per heavy atom. The van der Waals surface area contributed by atoms with Crippen molar-refractivity contribution < 1.29 is 4.79 Å². The number of aromatic amines is 1. The first-order chi connectivity index (χ1) is 10.7. The van der Waals surface area contributed by atoms with E-state index in [-0.39, 0.29) is 11.9 Å². The lowest BCUT2D eigenvalue weighted by Crippen LogP contribution is -2.49. The molecule has 6 nitrogen and oxygen atoms in total. The number of nitrogens with zero attached hydrogens (tertiary/aromatic N) is 4. The minimum atomic E-state index is 0.0870. The first-order valence-electron chi connectivity index (χ1n) is 7.62. The molecule has 1 unspecified atom stereocenters. The second kappa shape index (κ2) is 6.27. The summed E-state index contributed by atoms with van der Waals surface area (Å²) in [6.45, 7) is 4.26. The maximum Gasteiger partial charge on any atom is 0.254 e. The molecule has 3 rings (SSSR count). The van der Waals surface area contributed by atoms with Gasteiger partial charge in [-0.05, 0) is 25.1 Å². The van der Waals surface area contributed by atoms with Crippen LogP contribution in [0.5, 0.6) is 0 Å². The molecule has 0 saturated carbocycles. The van der Waals surface area contributed by atoms with Gasteiger partial charge in [0.2, 0.25) is 0 Å². The molecule has 1 atom stereocenters. The SMILES string of the molecule is CCc1cnccc1C(=O)N1CCN(C)C(c2ncc[nH]2)C1. The van der Waals surface area contributed by atoms with E-state index in [1.807, 2.05) is 24.1 Å². The van der Waals surface area contributed by atoms with Gasteiger partial charge in [-0.1, -0.05) is 6.92 Å². The molecular weight excluding hydrogens is 278 g/mol. The summed E-state index contributed by atoms with van der Waals surface area (Å²) in [5, 5.41) is 0. The van der Waals surface area contributed by atoms with Gasteiger partial charge in [-0.2, -0.15) is 0 Å². The number of aryl methyl sites for hydroxylation is 1. The number of likely N-dealkylation sites (N-methyl/N-ethyl adjacent to an activating group) is 1. The zero-order valence-corrected chi connectivity index (χ0v) is 13.0. The maximum absolute atomic E-state index is 12.9. The molecule has 0 aliphatic carbocycles. The number of amides is 1. The number of imidazole rings is 1. The van der Waals surface area contributed by atoms with Crippen LogP contribution in [0.15, 0.2) is 30.9 Å². The first-order valence-corrected chi connectivity index (χ1v) is 7.62. The van der Waals surface area contributed by atoms with Crippen LogP contribution in [0.25, 0.3) is 0 Å². The Bertz CT molecular complexity index is 640. The van der Waals surface area contributed by atoms with E-state index in [9.17, 15) is 4.79 Å². The molecule has 1 N–H and O–H groups in total. The van der Waals surface area contributed by atoms with Gasteiger partial charge in [-0.3, -0.25) is 14.7 Å². The van der Waals surface area contributed by atoms with Gasteiger partial charge >= 0.3 is 0 Å². The van der Waals surface area contributed by atoms with Crippen LogP contribution in [-0.2, 0) is 6.42 Å². The van der Waals surface area contributed by atoms with E-state index in [4.69, 9.17) is 0 Å². The third kappa shape index (κ3) is 2.74. The summed E-state index contributed by atoms with van der Waals surface area (Å²) in [5.74, 6) is 0.995. The number of aromatic nitrogens is 3. The van der Waals surface area contributed by atoms with Gasteiger partial charge < -0.3 is 9.88 Å². The number of rotatable bonds is 3. The Labute approximate surface area is 130 Å². The fraction of sp³-hybridized carbons (Fsp3) is 0.438. The van der Waals surface area contributed by atoms with Gasteiger partial charge in [0.05, 0.1) is 6.04 Å². The summed E-state index contributed by atoms with van der Waals surface area (Å²) < 4.78 is 0. The summed E-state index contributed by atoms with van der Waals surface area (Å²) in [5.41, 5.74) is 1.77. The lowest BCUT2D eigenvalue weighted by atomic mass is 10.1. The summed E-state index contributed by atoms with van der Waals surface area (Å²) in [4.78, 5) is 28.6. The molecular formula is C16H21N5O. The fourth-order valence-corrected chi connectivity index (χ4v) is 2.90. The number of carbonyl (C=O) groups excluding carboxylic acids is 1. The van der Waals surface area contributed by atoms with Gasteiger partial charge in [0.1, 0.15) is 5.82 Å². The van der Waals surface area contributed by atoms with Crippen LogP contribution in [0.2, 0.25) is 0 Å². The zero-order chi connectivity index (χ0) is 15.5. The number of hydrogen-bond donors (Lipinski definition) is 1. The van der Waals surface area contributed by atoms with Crippen LogP contribution >= 0.6 is 0 Å². The molecule has 1 amide bonds. The van der Waals surface area contributed by atoms with E-state index in [1.54, 1.807) is 18.6 Å².